The molecule has 1 N–H and O–H groups in total. The predicted molar refractivity (Wildman–Crippen MR) is 144 cm³/mol. The number of aliphatic hydroxyl groups is 1. The molecule has 1 aliphatic heterocycles. The zero-order chi connectivity index (χ0) is 25.8. The standard InChI is InChI=1S/C27H21Cl2N3O3S/c1-27(2,3)15-8-10-18-20(13-15)36-26(31-18)32-22(19-6-4-5-11-30-19)21(24(34)25(32)35)23(33)14-7-9-16(28)17(29)12-14/h4-13,22,33H,1-3H3/b23-21+. The lowest BCUT2D eigenvalue weighted by molar-refractivity contribution is -0.132. The summed E-state index contributed by atoms with van der Waals surface area (Å²) in [6, 6.07) is 14.7. The van der Waals surface area contributed by atoms with Crippen LogP contribution in [-0.2, 0) is 15.0 Å². The second-order valence-electron chi connectivity index (χ2n) is 9.48. The number of thiazole rings is 1. The fourth-order valence-electron chi connectivity index (χ4n) is 4.13. The third-order valence-electron chi connectivity index (χ3n) is 6.05. The molecular weight excluding hydrogens is 517 g/mol. The molecule has 9 heteroatoms. The third-order valence-corrected chi connectivity index (χ3v) is 7.81. The number of rotatable bonds is 3. The van der Waals surface area contributed by atoms with Gasteiger partial charge >= 0.3 is 5.91 Å². The first-order chi connectivity index (χ1) is 17.1. The van der Waals surface area contributed by atoms with Gasteiger partial charge in [-0.2, -0.15) is 0 Å². The monoisotopic (exact) mass is 537 g/mol. The fourth-order valence-corrected chi connectivity index (χ4v) is 5.46. The van der Waals surface area contributed by atoms with Crippen LogP contribution in [0.2, 0.25) is 10.0 Å². The van der Waals surface area contributed by atoms with E-state index in [2.05, 4.69) is 36.8 Å². The summed E-state index contributed by atoms with van der Waals surface area (Å²) >= 11 is 13.5. The highest BCUT2D eigenvalue weighted by molar-refractivity contribution is 7.22. The summed E-state index contributed by atoms with van der Waals surface area (Å²) in [6.45, 7) is 6.37. The Balaban J connectivity index is 1.70. The number of hydrogen-bond acceptors (Lipinski definition) is 6. The van der Waals surface area contributed by atoms with Crippen LogP contribution in [0.4, 0.5) is 5.13 Å². The average Bonchev–Trinajstić information content (AvgIpc) is 3.38. The van der Waals surface area contributed by atoms with Crippen molar-refractivity contribution >= 4 is 67.3 Å². The number of hydrogen-bond donors (Lipinski definition) is 1. The van der Waals surface area contributed by atoms with Crippen molar-refractivity contribution < 1.29 is 14.7 Å². The number of benzene rings is 2. The zero-order valence-electron chi connectivity index (χ0n) is 19.6. The Kier molecular flexibility index (Phi) is 6.11. The summed E-state index contributed by atoms with van der Waals surface area (Å²) in [5.74, 6) is -1.98. The maximum atomic E-state index is 13.4. The smallest absolute Gasteiger partial charge is 0.301 e. The molecule has 182 valence electrons. The fraction of sp³-hybridized carbons (Fsp3) is 0.185. The van der Waals surface area contributed by atoms with Crippen molar-refractivity contribution in [2.75, 3.05) is 4.90 Å². The topological polar surface area (TPSA) is 83.4 Å². The summed E-state index contributed by atoms with van der Waals surface area (Å²) in [5, 5.41) is 12.1. The molecule has 2 aromatic heterocycles. The molecule has 1 unspecified atom stereocenters. The van der Waals surface area contributed by atoms with E-state index in [0.29, 0.717) is 21.4 Å². The van der Waals surface area contributed by atoms with E-state index < -0.39 is 17.7 Å². The number of nitrogens with zero attached hydrogens (tertiary/aromatic N) is 3. The molecule has 1 atom stereocenters. The Hall–Kier alpha value is -3.26. The van der Waals surface area contributed by atoms with Gasteiger partial charge in [0.25, 0.3) is 5.78 Å². The van der Waals surface area contributed by atoms with Gasteiger partial charge in [0.1, 0.15) is 11.8 Å². The summed E-state index contributed by atoms with van der Waals surface area (Å²) in [6.07, 6.45) is 1.57. The van der Waals surface area contributed by atoms with Crippen LogP contribution in [0.25, 0.3) is 16.0 Å². The Morgan fingerprint density at radius 1 is 1.03 bits per heavy atom. The van der Waals surface area contributed by atoms with Crippen molar-refractivity contribution in [1.29, 1.82) is 0 Å². The molecule has 0 saturated carbocycles. The highest BCUT2D eigenvalue weighted by atomic mass is 35.5. The molecule has 6 nitrogen and oxygen atoms in total. The summed E-state index contributed by atoms with van der Waals surface area (Å²) in [7, 11) is 0. The molecule has 0 spiro atoms. The lowest BCUT2D eigenvalue weighted by Gasteiger charge is -2.22. The molecular formula is C27H21Cl2N3O3S. The van der Waals surface area contributed by atoms with Crippen LogP contribution < -0.4 is 4.90 Å². The number of Topliss-reactive ketones (excluding diaryl/α,β-unsaturated/α-hetero) is 1. The number of pyridine rings is 1. The molecule has 1 aliphatic rings. The lowest BCUT2D eigenvalue weighted by atomic mass is 9.87. The number of halogens is 2. The van der Waals surface area contributed by atoms with E-state index in [1.165, 1.54) is 34.4 Å². The molecule has 0 radical (unpaired) electrons. The van der Waals surface area contributed by atoms with Gasteiger partial charge in [-0.25, -0.2) is 4.98 Å². The van der Waals surface area contributed by atoms with E-state index in [9.17, 15) is 14.7 Å². The Labute approximate surface area is 221 Å². The first kappa shape index (κ1) is 24.4. The van der Waals surface area contributed by atoms with E-state index in [1.54, 1.807) is 24.4 Å². The number of anilines is 1. The first-order valence-corrected chi connectivity index (χ1v) is 12.7. The molecule has 1 saturated heterocycles. The predicted octanol–water partition coefficient (Wildman–Crippen LogP) is 6.92. The number of carbonyl (C=O) groups excluding carboxylic acids is 2. The second-order valence-corrected chi connectivity index (χ2v) is 11.3. The number of fused-ring (bicyclic) bond motifs is 1. The molecule has 1 amide bonds. The van der Waals surface area contributed by atoms with Gasteiger partial charge in [0.15, 0.2) is 5.13 Å². The molecule has 5 rings (SSSR count). The van der Waals surface area contributed by atoms with E-state index in [-0.39, 0.29) is 27.3 Å². The average molecular weight is 538 g/mol. The van der Waals surface area contributed by atoms with Crippen molar-refractivity contribution in [3.63, 3.8) is 0 Å². The molecule has 36 heavy (non-hydrogen) atoms. The maximum Gasteiger partial charge on any atom is 0.301 e. The van der Waals surface area contributed by atoms with Crippen molar-refractivity contribution in [1.82, 2.24) is 9.97 Å². The minimum absolute atomic E-state index is 0.0597. The largest absolute Gasteiger partial charge is 0.507 e. The van der Waals surface area contributed by atoms with Crippen molar-refractivity contribution in [2.24, 2.45) is 0 Å². The van der Waals surface area contributed by atoms with Crippen LogP contribution in [-0.4, -0.2) is 26.8 Å². The first-order valence-electron chi connectivity index (χ1n) is 11.1. The van der Waals surface area contributed by atoms with Gasteiger partial charge in [-0.1, -0.05) is 67.4 Å². The summed E-state index contributed by atoms with van der Waals surface area (Å²) < 4.78 is 0.892. The third kappa shape index (κ3) is 4.17. The van der Waals surface area contributed by atoms with E-state index in [0.717, 1.165) is 10.3 Å². The SMILES string of the molecule is CC(C)(C)c1ccc2nc(N3C(=O)C(=O)/C(=C(/O)c4ccc(Cl)c(Cl)c4)C3c3ccccn3)sc2c1. The number of ketones is 1. The molecule has 0 aliphatic carbocycles. The zero-order valence-corrected chi connectivity index (χ0v) is 21.9. The quantitative estimate of drug-likeness (QED) is 0.174. The van der Waals surface area contributed by atoms with Gasteiger partial charge in [-0.05, 0) is 53.4 Å². The summed E-state index contributed by atoms with van der Waals surface area (Å²) in [4.78, 5) is 37.1. The highest BCUT2D eigenvalue weighted by Crippen LogP contribution is 2.44. The highest BCUT2D eigenvalue weighted by Gasteiger charge is 2.48. The minimum Gasteiger partial charge on any atom is -0.507 e. The number of carbonyl (C=O) groups is 2. The molecule has 4 aromatic rings. The molecule has 2 aromatic carbocycles. The van der Waals surface area contributed by atoms with Crippen LogP contribution in [0.3, 0.4) is 0 Å². The normalized spacial score (nSPS) is 17.8. The van der Waals surface area contributed by atoms with E-state index in [1.807, 2.05) is 12.1 Å². The number of aromatic nitrogens is 2. The van der Waals surface area contributed by atoms with Gasteiger partial charge < -0.3 is 5.11 Å². The van der Waals surface area contributed by atoms with Gasteiger partial charge in [0.05, 0.1) is 31.5 Å². The van der Waals surface area contributed by atoms with E-state index >= 15 is 0 Å². The summed E-state index contributed by atoms with van der Waals surface area (Å²) in [5.41, 5.74) is 2.39. The van der Waals surface area contributed by atoms with Crippen LogP contribution >= 0.6 is 34.5 Å². The Morgan fingerprint density at radius 2 is 1.81 bits per heavy atom. The van der Waals surface area contributed by atoms with Crippen LogP contribution in [0.5, 0.6) is 0 Å². The van der Waals surface area contributed by atoms with Gasteiger partial charge in [-0.3, -0.25) is 19.5 Å². The van der Waals surface area contributed by atoms with Crippen LogP contribution in [0.15, 0.2) is 66.4 Å². The Bertz CT molecular complexity index is 1560. The van der Waals surface area contributed by atoms with Gasteiger partial charge in [0.2, 0.25) is 0 Å². The van der Waals surface area contributed by atoms with Crippen molar-refractivity contribution in [2.45, 2.75) is 32.2 Å². The van der Waals surface area contributed by atoms with Crippen molar-refractivity contribution in [3.8, 4) is 0 Å². The maximum absolute atomic E-state index is 13.4. The van der Waals surface area contributed by atoms with Gasteiger partial charge in [0, 0.05) is 11.8 Å². The number of aliphatic hydroxyl groups excluding tert-OH is 1. The molecule has 1 fully saturated rings. The van der Waals surface area contributed by atoms with Crippen molar-refractivity contribution in [3.05, 3.63) is 93.2 Å². The molecule has 0 bridgehead atoms. The van der Waals surface area contributed by atoms with Crippen LogP contribution in [0, 0.1) is 0 Å². The lowest BCUT2D eigenvalue weighted by Crippen LogP contribution is -2.29. The second kappa shape index (κ2) is 9.00. The minimum atomic E-state index is -0.969. The number of amides is 1. The molecule has 3 heterocycles. The van der Waals surface area contributed by atoms with Gasteiger partial charge in [-0.15, -0.1) is 0 Å². The van der Waals surface area contributed by atoms with E-state index in [4.69, 9.17) is 23.2 Å². The van der Waals surface area contributed by atoms with Crippen LogP contribution in [0.1, 0.15) is 43.6 Å². The Morgan fingerprint density at radius 3 is 2.47 bits per heavy atom.